The first kappa shape index (κ1) is 21.7. The van der Waals surface area contributed by atoms with Crippen molar-refractivity contribution in [2.24, 2.45) is 13.0 Å². The molecule has 1 N–H and O–H groups in total. The number of carboxylic acid groups (broad SMARTS) is 1. The average Bonchev–Trinajstić information content (AvgIpc) is 3.18. The van der Waals surface area contributed by atoms with Crippen molar-refractivity contribution in [1.29, 1.82) is 0 Å². The third-order valence-electron chi connectivity index (χ3n) is 4.73. The Morgan fingerprint density at radius 2 is 1.82 bits per heavy atom. The number of carbonyl (C=O) groups excluding carboxylic acids is 2. The van der Waals surface area contributed by atoms with E-state index in [-0.39, 0.29) is 11.8 Å². The van der Waals surface area contributed by atoms with Crippen molar-refractivity contribution >= 4 is 17.8 Å². The van der Waals surface area contributed by atoms with Crippen LogP contribution in [0.1, 0.15) is 43.1 Å². The van der Waals surface area contributed by atoms with Crippen molar-refractivity contribution in [3.63, 3.8) is 0 Å². The molecular formula is C17H23F3N4O4. The molecule has 1 aromatic rings. The summed E-state index contributed by atoms with van der Waals surface area (Å²) in [4.78, 5) is 36.1. The number of aryl methyl sites for hydroxylation is 1. The van der Waals surface area contributed by atoms with Crippen molar-refractivity contribution in [2.75, 3.05) is 7.05 Å². The second kappa shape index (κ2) is 8.19. The maximum atomic E-state index is 12.2. The Morgan fingerprint density at radius 1 is 1.25 bits per heavy atom. The van der Waals surface area contributed by atoms with Gasteiger partial charge in [-0.05, 0) is 18.8 Å². The number of carboxylic acids is 1. The van der Waals surface area contributed by atoms with Gasteiger partial charge in [-0.25, -0.2) is 4.79 Å². The summed E-state index contributed by atoms with van der Waals surface area (Å²) in [5.41, 5.74) is 3.13. The van der Waals surface area contributed by atoms with Gasteiger partial charge >= 0.3 is 12.1 Å². The highest BCUT2D eigenvalue weighted by molar-refractivity contribution is 5.77. The highest BCUT2D eigenvalue weighted by Crippen LogP contribution is 2.34. The van der Waals surface area contributed by atoms with Crippen LogP contribution in [0.4, 0.5) is 13.2 Å². The monoisotopic (exact) mass is 404 g/mol. The summed E-state index contributed by atoms with van der Waals surface area (Å²) in [6.07, 6.45) is -2.00. The molecule has 2 aliphatic rings. The minimum absolute atomic E-state index is 0.0223. The number of halogens is 3. The Kier molecular flexibility index (Phi) is 6.35. The van der Waals surface area contributed by atoms with Crippen LogP contribution in [-0.2, 0) is 41.1 Å². The Morgan fingerprint density at radius 3 is 2.29 bits per heavy atom. The number of alkyl halides is 3. The van der Waals surface area contributed by atoms with Gasteiger partial charge in [-0.15, -0.1) is 0 Å². The van der Waals surface area contributed by atoms with Crippen molar-refractivity contribution in [2.45, 2.75) is 52.0 Å². The highest BCUT2D eigenvalue weighted by atomic mass is 19.4. The van der Waals surface area contributed by atoms with Gasteiger partial charge in [0.15, 0.2) is 0 Å². The van der Waals surface area contributed by atoms with Gasteiger partial charge in [-0.2, -0.15) is 18.3 Å². The maximum absolute atomic E-state index is 12.2. The van der Waals surface area contributed by atoms with Crippen molar-refractivity contribution < 1.29 is 32.7 Å². The van der Waals surface area contributed by atoms with Gasteiger partial charge in [-0.3, -0.25) is 14.3 Å². The van der Waals surface area contributed by atoms with Crippen LogP contribution < -0.4 is 0 Å². The number of hydrogen-bond acceptors (Lipinski definition) is 4. The van der Waals surface area contributed by atoms with Crippen molar-refractivity contribution in [1.82, 2.24) is 19.6 Å². The van der Waals surface area contributed by atoms with Gasteiger partial charge < -0.3 is 14.9 Å². The zero-order valence-electron chi connectivity index (χ0n) is 15.9. The number of carbonyl (C=O) groups is 3. The lowest BCUT2D eigenvalue weighted by molar-refractivity contribution is -0.192. The van der Waals surface area contributed by atoms with E-state index in [0.29, 0.717) is 32.0 Å². The summed E-state index contributed by atoms with van der Waals surface area (Å²) >= 11 is 0. The topological polar surface area (TPSA) is 95.7 Å². The molecule has 1 aliphatic heterocycles. The summed E-state index contributed by atoms with van der Waals surface area (Å²) in [5.74, 6) is -1.87. The van der Waals surface area contributed by atoms with E-state index < -0.39 is 12.1 Å². The summed E-state index contributed by atoms with van der Waals surface area (Å²) in [5, 5.41) is 11.6. The van der Waals surface area contributed by atoms with Crippen LogP contribution in [0.15, 0.2) is 0 Å². The number of aromatic nitrogens is 2. The SMILES string of the molecule is CC(=O)N(C)Cc1nn(C)c2c1CN(C(=O)CC1CC1)C2.O=C(O)C(F)(F)F. The normalized spacial score (nSPS) is 15.6. The number of rotatable bonds is 4. The van der Waals surface area contributed by atoms with E-state index in [1.165, 1.54) is 12.8 Å². The van der Waals surface area contributed by atoms with E-state index in [1.54, 1.807) is 18.9 Å². The molecule has 0 aromatic carbocycles. The summed E-state index contributed by atoms with van der Waals surface area (Å²) in [7, 11) is 3.68. The van der Waals surface area contributed by atoms with Gasteiger partial charge in [0, 0.05) is 39.5 Å². The third kappa shape index (κ3) is 5.46. The molecule has 11 heteroatoms. The minimum Gasteiger partial charge on any atom is -0.475 e. The first-order chi connectivity index (χ1) is 12.9. The largest absolute Gasteiger partial charge is 0.490 e. The van der Waals surface area contributed by atoms with Gasteiger partial charge in [0.1, 0.15) is 0 Å². The number of hydrogen-bond donors (Lipinski definition) is 1. The summed E-state index contributed by atoms with van der Waals surface area (Å²) in [6, 6.07) is 0. The maximum Gasteiger partial charge on any atom is 0.490 e. The summed E-state index contributed by atoms with van der Waals surface area (Å²) in [6.45, 7) is 3.34. The molecule has 1 aliphatic carbocycles. The van der Waals surface area contributed by atoms with E-state index in [2.05, 4.69) is 5.10 Å². The molecule has 0 bridgehead atoms. The molecule has 2 amide bonds. The second-order valence-electron chi connectivity index (χ2n) is 7.07. The lowest BCUT2D eigenvalue weighted by Crippen LogP contribution is -2.27. The summed E-state index contributed by atoms with van der Waals surface area (Å²) < 4.78 is 33.6. The minimum atomic E-state index is -5.08. The Labute approximate surface area is 159 Å². The van der Waals surface area contributed by atoms with Gasteiger partial charge in [0.05, 0.1) is 24.5 Å². The van der Waals surface area contributed by atoms with Crippen LogP contribution in [0.3, 0.4) is 0 Å². The Bertz CT molecular complexity index is 771. The standard InChI is InChI=1S/C15H22N4O2.C2HF3O2/c1-10(20)17(2)8-13-12-7-19(9-14(12)18(3)16-13)15(21)6-11-4-5-11;3-2(4,5)1(6)7/h11H,4-9H2,1-3H3;(H,6,7). The van der Waals surface area contributed by atoms with Gasteiger partial charge in [0.25, 0.3) is 0 Å². The van der Waals surface area contributed by atoms with Crippen LogP contribution in [-0.4, -0.2) is 55.7 Å². The average molecular weight is 404 g/mol. The van der Waals surface area contributed by atoms with Crippen LogP contribution in [0.2, 0.25) is 0 Å². The molecule has 1 saturated carbocycles. The second-order valence-corrected chi connectivity index (χ2v) is 7.07. The zero-order valence-corrected chi connectivity index (χ0v) is 15.9. The lowest BCUT2D eigenvalue weighted by Gasteiger charge is -2.17. The first-order valence-corrected chi connectivity index (χ1v) is 8.73. The van der Waals surface area contributed by atoms with E-state index in [0.717, 1.165) is 17.0 Å². The molecule has 0 saturated heterocycles. The molecule has 2 heterocycles. The predicted octanol–water partition coefficient (Wildman–Crippen LogP) is 1.67. The van der Waals surface area contributed by atoms with Crippen LogP contribution >= 0.6 is 0 Å². The van der Waals surface area contributed by atoms with Gasteiger partial charge in [-0.1, -0.05) is 0 Å². The van der Waals surface area contributed by atoms with Crippen molar-refractivity contribution in [3.8, 4) is 0 Å². The Hall–Kier alpha value is -2.59. The molecule has 156 valence electrons. The quantitative estimate of drug-likeness (QED) is 0.824. The lowest BCUT2D eigenvalue weighted by atomic mass is 10.2. The number of aliphatic carboxylic acids is 1. The molecule has 8 nitrogen and oxygen atoms in total. The van der Waals surface area contributed by atoms with Crippen LogP contribution in [0.5, 0.6) is 0 Å². The van der Waals surface area contributed by atoms with E-state index in [4.69, 9.17) is 9.90 Å². The molecule has 1 fully saturated rings. The fourth-order valence-electron chi connectivity index (χ4n) is 2.81. The first-order valence-electron chi connectivity index (χ1n) is 8.73. The predicted molar refractivity (Wildman–Crippen MR) is 90.6 cm³/mol. The van der Waals surface area contributed by atoms with E-state index >= 15 is 0 Å². The third-order valence-corrected chi connectivity index (χ3v) is 4.73. The smallest absolute Gasteiger partial charge is 0.475 e. The Balaban J connectivity index is 0.000000345. The molecule has 0 atom stereocenters. The molecule has 0 unspecified atom stereocenters. The molecule has 0 radical (unpaired) electrons. The molecular weight excluding hydrogens is 381 g/mol. The van der Waals surface area contributed by atoms with Crippen LogP contribution in [0, 0.1) is 5.92 Å². The fourth-order valence-corrected chi connectivity index (χ4v) is 2.81. The number of fused-ring (bicyclic) bond motifs is 1. The number of amides is 2. The van der Waals surface area contributed by atoms with E-state index in [9.17, 15) is 22.8 Å². The molecule has 1 aromatic heterocycles. The number of nitrogens with zero attached hydrogens (tertiary/aromatic N) is 4. The fraction of sp³-hybridized carbons (Fsp3) is 0.647. The van der Waals surface area contributed by atoms with E-state index in [1.807, 2.05) is 16.6 Å². The highest BCUT2D eigenvalue weighted by Gasteiger charge is 2.38. The van der Waals surface area contributed by atoms with Crippen LogP contribution in [0.25, 0.3) is 0 Å². The van der Waals surface area contributed by atoms with Crippen molar-refractivity contribution in [3.05, 3.63) is 17.0 Å². The zero-order chi connectivity index (χ0) is 21.2. The molecule has 28 heavy (non-hydrogen) atoms. The molecule has 3 rings (SSSR count). The van der Waals surface area contributed by atoms with Gasteiger partial charge in [0.2, 0.25) is 11.8 Å². The molecule has 0 spiro atoms.